The minimum absolute atomic E-state index is 0.122. The number of nitrogens with one attached hydrogen (secondary N) is 1. The summed E-state index contributed by atoms with van der Waals surface area (Å²) in [6, 6.07) is 13.4. The summed E-state index contributed by atoms with van der Waals surface area (Å²) >= 11 is 0. The standard InChI is InChI=1S/C26H37N3O5S/c1-8-22(25(31)27-26(3,4)5)28(17-20-13-11-14-21(16-20)34-6)24(30)18-29(35(7,32)33)23-15-10-9-12-19(23)2/h9-16,22H,8,17-18H2,1-7H3,(H,27,31)/t22-/m1/s1. The molecule has 0 bridgehead atoms. The van der Waals surface area contributed by atoms with Crippen LogP contribution in [0.5, 0.6) is 5.75 Å². The fourth-order valence-electron chi connectivity index (χ4n) is 3.78. The molecule has 0 aromatic heterocycles. The van der Waals surface area contributed by atoms with E-state index in [9.17, 15) is 18.0 Å². The zero-order valence-corrected chi connectivity index (χ0v) is 22.5. The highest BCUT2D eigenvalue weighted by Crippen LogP contribution is 2.24. The topological polar surface area (TPSA) is 96.0 Å². The molecule has 0 unspecified atom stereocenters. The molecular formula is C26H37N3O5S. The third kappa shape index (κ3) is 7.99. The number of carbonyl (C=O) groups excluding carboxylic acids is 2. The summed E-state index contributed by atoms with van der Waals surface area (Å²) in [5, 5.41) is 2.95. The monoisotopic (exact) mass is 503 g/mol. The van der Waals surface area contributed by atoms with Crippen LogP contribution in [0, 0.1) is 6.92 Å². The number of nitrogens with zero attached hydrogens (tertiary/aromatic N) is 2. The molecule has 0 saturated carbocycles. The van der Waals surface area contributed by atoms with E-state index in [0.717, 1.165) is 21.7 Å². The Morgan fingerprint density at radius 2 is 1.74 bits per heavy atom. The fourth-order valence-corrected chi connectivity index (χ4v) is 4.69. The van der Waals surface area contributed by atoms with Crippen molar-refractivity contribution < 1.29 is 22.7 Å². The van der Waals surface area contributed by atoms with Crippen molar-refractivity contribution in [2.24, 2.45) is 0 Å². The van der Waals surface area contributed by atoms with E-state index in [0.29, 0.717) is 17.9 Å². The van der Waals surface area contributed by atoms with Crippen LogP contribution >= 0.6 is 0 Å². The lowest BCUT2D eigenvalue weighted by Gasteiger charge is -2.34. The molecule has 0 saturated heterocycles. The normalized spacial score (nSPS) is 12.5. The summed E-state index contributed by atoms with van der Waals surface area (Å²) in [6.45, 7) is 8.93. The molecule has 0 radical (unpaired) electrons. The Morgan fingerprint density at radius 1 is 1.09 bits per heavy atom. The zero-order valence-electron chi connectivity index (χ0n) is 21.7. The maximum atomic E-state index is 13.7. The van der Waals surface area contributed by atoms with Gasteiger partial charge in [0.15, 0.2) is 0 Å². The van der Waals surface area contributed by atoms with Gasteiger partial charge in [-0.2, -0.15) is 0 Å². The Labute approximate surface area is 209 Å². The molecule has 0 aliphatic carbocycles. The molecule has 2 amide bonds. The van der Waals surface area contributed by atoms with Crippen LogP contribution in [0.4, 0.5) is 5.69 Å². The number of sulfonamides is 1. The van der Waals surface area contributed by atoms with Crippen molar-refractivity contribution in [1.29, 1.82) is 0 Å². The van der Waals surface area contributed by atoms with Gasteiger partial charge in [-0.05, 0) is 63.4 Å². The summed E-state index contributed by atoms with van der Waals surface area (Å²) in [7, 11) is -2.21. The van der Waals surface area contributed by atoms with Gasteiger partial charge in [0.05, 0.1) is 19.1 Å². The van der Waals surface area contributed by atoms with Gasteiger partial charge in [0.1, 0.15) is 18.3 Å². The van der Waals surface area contributed by atoms with Crippen molar-refractivity contribution in [1.82, 2.24) is 10.2 Å². The minimum Gasteiger partial charge on any atom is -0.497 e. The molecule has 35 heavy (non-hydrogen) atoms. The summed E-state index contributed by atoms with van der Waals surface area (Å²) in [5.74, 6) is -0.143. The molecule has 2 aromatic rings. The van der Waals surface area contributed by atoms with E-state index < -0.39 is 34.1 Å². The van der Waals surface area contributed by atoms with E-state index in [-0.39, 0.29) is 12.5 Å². The molecule has 0 aliphatic rings. The van der Waals surface area contributed by atoms with E-state index in [4.69, 9.17) is 4.74 Å². The molecule has 2 rings (SSSR count). The average molecular weight is 504 g/mol. The number of rotatable bonds is 10. The van der Waals surface area contributed by atoms with Crippen LogP contribution in [-0.4, -0.2) is 56.6 Å². The number of amides is 2. The Hall–Kier alpha value is -3.07. The first-order valence-corrected chi connectivity index (χ1v) is 13.4. The predicted molar refractivity (Wildman–Crippen MR) is 139 cm³/mol. The van der Waals surface area contributed by atoms with Gasteiger partial charge < -0.3 is 15.0 Å². The SMILES string of the molecule is CC[C@H](C(=O)NC(C)(C)C)N(Cc1cccc(OC)c1)C(=O)CN(c1ccccc1C)S(C)(=O)=O. The Balaban J connectivity index is 2.49. The van der Waals surface area contributed by atoms with Crippen molar-refractivity contribution >= 4 is 27.5 Å². The van der Waals surface area contributed by atoms with Gasteiger partial charge in [-0.25, -0.2) is 8.42 Å². The van der Waals surface area contributed by atoms with Crippen LogP contribution in [-0.2, 0) is 26.2 Å². The smallest absolute Gasteiger partial charge is 0.244 e. The van der Waals surface area contributed by atoms with Gasteiger partial charge in [0.2, 0.25) is 21.8 Å². The maximum Gasteiger partial charge on any atom is 0.244 e. The van der Waals surface area contributed by atoms with Crippen LogP contribution in [0.1, 0.15) is 45.2 Å². The quantitative estimate of drug-likeness (QED) is 0.535. The number of ether oxygens (including phenoxy) is 1. The number of methoxy groups -OCH3 is 1. The van der Waals surface area contributed by atoms with E-state index >= 15 is 0 Å². The second-order valence-electron chi connectivity index (χ2n) is 9.59. The molecular weight excluding hydrogens is 466 g/mol. The van der Waals surface area contributed by atoms with Crippen molar-refractivity contribution in [2.45, 2.75) is 59.2 Å². The Morgan fingerprint density at radius 3 is 2.29 bits per heavy atom. The maximum absolute atomic E-state index is 13.7. The zero-order chi connectivity index (χ0) is 26.4. The van der Waals surface area contributed by atoms with Crippen molar-refractivity contribution in [3.8, 4) is 5.75 Å². The van der Waals surface area contributed by atoms with Crippen molar-refractivity contribution in [2.75, 3.05) is 24.2 Å². The second-order valence-corrected chi connectivity index (χ2v) is 11.5. The first kappa shape index (κ1) is 28.2. The molecule has 2 aromatic carbocycles. The number of anilines is 1. The average Bonchev–Trinajstić information content (AvgIpc) is 2.76. The Kier molecular flexibility index (Phi) is 9.31. The van der Waals surface area contributed by atoms with E-state index in [1.807, 2.05) is 39.8 Å². The van der Waals surface area contributed by atoms with Crippen molar-refractivity contribution in [3.05, 3.63) is 59.7 Å². The highest BCUT2D eigenvalue weighted by Gasteiger charge is 2.33. The van der Waals surface area contributed by atoms with Gasteiger partial charge in [0.25, 0.3) is 0 Å². The molecule has 0 aliphatic heterocycles. The fraction of sp³-hybridized carbons (Fsp3) is 0.462. The molecule has 0 fully saturated rings. The molecule has 0 spiro atoms. The van der Waals surface area contributed by atoms with Gasteiger partial charge >= 0.3 is 0 Å². The number of hydrogen-bond donors (Lipinski definition) is 1. The molecule has 8 nitrogen and oxygen atoms in total. The number of benzene rings is 2. The molecule has 9 heteroatoms. The molecule has 192 valence electrons. The molecule has 0 heterocycles. The lowest BCUT2D eigenvalue weighted by Crippen LogP contribution is -2.55. The lowest BCUT2D eigenvalue weighted by molar-refractivity contribution is -0.141. The van der Waals surface area contributed by atoms with E-state index in [1.54, 1.807) is 50.4 Å². The summed E-state index contributed by atoms with van der Waals surface area (Å²) in [5.41, 5.74) is 1.43. The van der Waals surface area contributed by atoms with Crippen LogP contribution in [0.25, 0.3) is 0 Å². The van der Waals surface area contributed by atoms with Crippen LogP contribution in [0.3, 0.4) is 0 Å². The lowest BCUT2D eigenvalue weighted by atomic mass is 10.1. The predicted octanol–water partition coefficient (Wildman–Crippen LogP) is 3.49. The Bertz CT molecular complexity index is 1140. The largest absolute Gasteiger partial charge is 0.497 e. The van der Waals surface area contributed by atoms with Gasteiger partial charge in [-0.3, -0.25) is 13.9 Å². The van der Waals surface area contributed by atoms with Crippen LogP contribution in [0.15, 0.2) is 48.5 Å². The third-order valence-corrected chi connectivity index (χ3v) is 6.56. The van der Waals surface area contributed by atoms with Crippen molar-refractivity contribution in [3.63, 3.8) is 0 Å². The number of carbonyl (C=O) groups is 2. The van der Waals surface area contributed by atoms with Crippen LogP contribution in [0.2, 0.25) is 0 Å². The van der Waals surface area contributed by atoms with Gasteiger partial charge in [-0.1, -0.05) is 37.3 Å². The van der Waals surface area contributed by atoms with E-state index in [1.165, 1.54) is 4.90 Å². The minimum atomic E-state index is -3.77. The molecule has 1 atom stereocenters. The number of hydrogen-bond acceptors (Lipinski definition) is 5. The summed E-state index contributed by atoms with van der Waals surface area (Å²) < 4.78 is 31.8. The highest BCUT2D eigenvalue weighted by molar-refractivity contribution is 7.92. The van der Waals surface area contributed by atoms with E-state index in [2.05, 4.69) is 5.32 Å². The van der Waals surface area contributed by atoms with Gasteiger partial charge in [-0.15, -0.1) is 0 Å². The highest BCUT2D eigenvalue weighted by atomic mass is 32.2. The summed E-state index contributed by atoms with van der Waals surface area (Å²) in [4.78, 5) is 28.4. The third-order valence-electron chi connectivity index (χ3n) is 5.43. The first-order chi connectivity index (χ1) is 16.3. The molecule has 1 N–H and O–H groups in total. The number of aryl methyl sites for hydroxylation is 1. The first-order valence-electron chi connectivity index (χ1n) is 11.5. The van der Waals surface area contributed by atoms with Gasteiger partial charge in [0, 0.05) is 12.1 Å². The second kappa shape index (κ2) is 11.6. The number of para-hydroxylation sites is 1. The van der Waals surface area contributed by atoms with Crippen LogP contribution < -0.4 is 14.4 Å². The summed E-state index contributed by atoms with van der Waals surface area (Å²) in [6.07, 6.45) is 1.43.